The van der Waals surface area contributed by atoms with Crippen LogP contribution in [0, 0.1) is 5.92 Å². The van der Waals surface area contributed by atoms with Gasteiger partial charge in [0, 0.05) is 6.54 Å². The fourth-order valence-corrected chi connectivity index (χ4v) is 2.37. The number of benzene rings is 1. The van der Waals surface area contributed by atoms with Crippen LogP contribution in [-0.2, 0) is 6.54 Å². The SMILES string of the molecule is COc1cc(CNCC(C)C)cc(Br)c1OCC(C)(C)O. The van der Waals surface area contributed by atoms with Crippen molar-refractivity contribution < 1.29 is 14.6 Å². The maximum absolute atomic E-state index is 9.77. The normalized spacial score (nSPS) is 11.8. The van der Waals surface area contributed by atoms with Crippen molar-refractivity contribution in [2.24, 2.45) is 5.92 Å². The van der Waals surface area contributed by atoms with Gasteiger partial charge >= 0.3 is 0 Å². The van der Waals surface area contributed by atoms with E-state index in [9.17, 15) is 5.11 Å². The molecule has 0 bridgehead atoms. The van der Waals surface area contributed by atoms with Gasteiger partial charge in [-0.15, -0.1) is 0 Å². The summed E-state index contributed by atoms with van der Waals surface area (Å²) in [7, 11) is 1.62. The van der Waals surface area contributed by atoms with Crippen LogP contribution in [0.4, 0.5) is 0 Å². The Kier molecular flexibility index (Phi) is 6.97. The van der Waals surface area contributed by atoms with Gasteiger partial charge in [0.1, 0.15) is 6.61 Å². The molecule has 0 amide bonds. The van der Waals surface area contributed by atoms with Gasteiger partial charge in [-0.3, -0.25) is 0 Å². The third-order valence-electron chi connectivity index (χ3n) is 2.74. The summed E-state index contributed by atoms with van der Waals surface area (Å²) in [6.07, 6.45) is 0. The summed E-state index contributed by atoms with van der Waals surface area (Å²) in [6, 6.07) is 3.97. The van der Waals surface area contributed by atoms with E-state index in [-0.39, 0.29) is 6.61 Å². The van der Waals surface area contributed by atoms with Gasteiger partial charge in [0.05, 0.1) is 17.2 Å². The molecule has 0 aliphatic heterocycles. The first kappa shape index (κ1) is 18.3. The second-order valence-corrected chi connectivity index (χ2v) is 7.09. The van der Waals surface area contributed by atoms with Crippen LogP contribution in [0.3, 0.4) is 0 Å². The highest BCUT2D eigenvalue weighted by Crippen LogP contribution is 2.37. The summed E-state index contributed by atoms with van der Waals surface area (Å²) in [5.74, 6) is 1.90. The van der Waals surface area contributed by atoms with Gasteiger partial charge in [0.15, 0.2) is 11.5 Å². The van der Waals surface area contributed by atoms with Crippen molar-refractivity contribution in [1.29, 1.82) is 0 Å². The lowest BCUT2D eigenvalue weighted by Crippen LogP contribution is -2.28. The fraction of sp³-hybridized carbons (Fsp3) is 0.625. The zero-order valence-corrected chi connectivity index (χ0v) is 15.1. The number of halogens is 1. The molecule has 5 heteroatoms. The lowest BCUT2D eigenvalue weighted by atomic mass is 10.1. The average Bonchev–Trinajstić information content (AvgIpc) is 2.35. The first-order valence-electron chi connectivity index (χ1n) is 7.15. The Hall–Kier alpha value is -0.780. The Morgan fingerprint density at radius 3 is 2.52 bits per heavy atom. The summed E-state index contributed by atoms with van der Waals surface area (Å²) >= 11 is 3.51. The Morgan fingerprint density at radius 2 is 2.00 bits per heavy atom. The molecule has 0 saturated heterocycles. The van der Waals surface area contributed by atoms with E-state index in [1.165, 1.54) is 0 Å². The first-order chi connectivity index (χ1) is 9.73. The summed E-state index contributed by atoms with van der Waals surface area (Å²) in [6.45, 7) is 9.71. The van der Waals surface area contributed by atoms with Crippen molar-refractivity contribution in [2.75, 3.05) is 20.3 Å². The molecular weight excluding hydrogens is 334 g/mol. The van der Waals surface area contributed by atoms with Crippen LogP contribution < -0.4 is 14.8 Å². The molecule has 1 aromatic carbocycles. The van der Waals surface area contributed by atoms with E-state index in [4.69, 9.17) is 9.47 Å². The van der Waals surface area contributed by atoms with Crippen molar-refractivity contribution >= 4 is 15.9 Å². The molecule has 1 rings (SSSR count). The van der Waals surface area contributed by atoms with Gasteiger partial charge in [-0.1, -0.05) is 13.8 Å². The third-order valence-corrected chi connectivity index (χ3v) is 3.33. The van der Waals surface area contributed by atoms with E-state index in [0.717, 1.165) is 23.1 Å². The van der Waals surface area contributed by atoms with Crippen molar-refractivity contribution in [3.05, 3.63) is 22.2 Å². The molecule has 0 fully saturated rings. The molecule has 2 N–H and O–H groups in total. The summed E-state index contributed by atoms with van der Waals surface area (Å²) in [4.78, 5) is 0. The van der Waals surface area contributed by atoms with Gasteiger partial charge < -0.3 is 19.9 Å². The maximum Gasteiger partial charge on any atom is 0.175 e. The van der Waals surface area contributed by atoms with Crippen molar-refractivity contribution in [3.63, 3.8) is 0 Å². The standard InChI is InChI=1S/C16H26BrNO3/c1-11(2)8-18-9-12-6-13(17)15(14(7-12)20-5)21-10-16(3,4)19/h6-7,11,18-19H,8-10H2,1-5H3. The number of aliphatic hydroxyl groups is 1. The van der Waals surface area contributed by atoms with Crippen molar-refractivity contribution in [3.8, 4) is 11.5 Å². The highest BCUT2D eigenvalue weighted by molar-refractivity contribution is 9.10. The molecule has 21 heavy (non-hydrogen) atoms. The lowest BCUT2D eigenvalue weighted by Gasteiger charge is -2.20. The molecule has 0 radical (unpaired) electrons. The topological polar surface area (TPSA) is 50.7 Å². The van der Waals surface area contributed by atoms with Crippen LogP contribution in [0.2, 0.25) is 0 Å². The zero-order valence-electron chi connectivity index (χ0n) is 13.5. The van der Waals surface area contributed by atoms with Gasteiger partial charge in [0.2, 0.25) is 0 Å². The molecule has 0 saturated carbocycles. The van der Waals surface area contributed by atoms with Gasteiger partial charge in [-0.25, -0.2) is 0 Å². The number of methoxy groups -OCH3 is 1. The Labute approximate surface area is 136 Å². The number of hydrogen-bond acceptors (Lipinski definition) is 4. The second-order valence-electron chi connectivity index (χ2n) is 6.23. The van der Waals surface area contributed by atoms with Crippen LogP contribution in [0.5, 0.6) is 11.5 Å². The summed E-state index contributed by atoms with van der Waals surface area (Å²) in [5.41, 5.74) is 0.233. The van der Waals surface area contributed by atoms with Crippen molar-refractivity contribution in [2.45, 2.75) is 39.8 Å². The Balaban J connectivity index is 2.81. The fourth-order valence-electron chi connectivity index (χ4n) is 1.77. The highest BCUT2D eigenvalue weighted by Gasteiger charge is 2.17. The zero-order chi connectivity index (χ0) is 16.0. The number of hydrogen-bond donors (Lipinski definition) is 2. The minimum Gasteiger partial charge on any atom is -0.493 e. The van der Waals surface area contributed by atoms with Gasteiger partial charge in [-0.2, -0.15) is 0 Å². The van der Waals surface area contributed by atoms with Gasteiger partial charge in [-0.05, 0) is 59.9 Å². The van der Waals surface area contributed by atoms with Crippen molar-refractivity contribution in [1.82, 2.24) is 5.32 Å². The predicted molar refractivity (Wildman–Crippen MR) is 89.0 cm³/mol. The molecule has 0 aliphatic rings. The van der Waals surface area contributed by atoms with E-state index in [1.807, 2.05) is 12.1 Å². The molecule has 0 aliphatic carbocycles. The van der Waals surface area contributed by atoms with E-state index in [0.29, 0.717) is 17.4 Å². The molecule has 4 nitrogen and oxygen atoms in total. The van der Waals surface area contributed by atoms with E-state index in [1.54, 1.807) is 21.0 Å². The Morgan fingerprint density at radius 1 is 1.33 bits per heavy atom. The predicted octanol–water partition coefficient (Wildman–Crippen LogP) is 3.35. The average molecular weight is 360 g/mol. The quantitative estimate of drug-likeness (QED) is 0.747. The Bertz CT molecular complexity index is 456. The molecule has 1 aromatic rings. The van der Waals surface area contributed by atoms with Crippen LogP contribution >= 0.6 is 15.9 Å². The number of nitrogens with one attached hydrogen (secondary N) is 1. The van der Waals surface area contributed by atoms with Crippen LogP contribution in [0.1, 0.15) is 33.3 Å². The maximum atomic E-state index is 9.77. The molecular formula is C16H26BrNO3. The first-order valence-corrected chi connectivity index (χ1v) is 7.94. The summed E-state index contributed by atoms with van der Waals surface area (Å²) < 4.78 is 11.9. The molecule has 0 atom stereocenters. The minimum atomic E-state index is -0.887. The summed E-state index contributed by atoms with van der Waals surface area (Å²) in [5, 5.41) is 13.2. The smallest absolute Gasteiger partial charge is 0.175 e. The minimum absolute atomic E-state index is 0.201. The van der Waals surface area contributed by atoms with E-state index < -0.39 is 5.60 Å². The number of ether oxygens (including phenoxy) is 2. The molecule has 0 spiro atoms. The lowest BCUT2D eigenvalue weighted by molar-refractivity contribution is 0.0273. The molecule has 0 unspecified atom stereocenters. The highest BCUT2D eigenvalue weighted by atomic mass is 79.9. The third kappa shape index (κ3) is 6.68. The molecule has 0 heterocycles. The van der Waals surface area contributed by atoms with E-state index in [2.05, 4.69) is 35.1 Å². The molecule has 120 valence electrons. The number of rotatable bonds is 8. The molecule has 0 aromatic heterocycles. The largest absolute Gasteiger partial charge is 0.493 e. The van der Waals surface area contributed by atoms with Gasteiger partial charge in [0.25, 0.3) is 0 Å². The van der Waals surface area contributed by atoms with Crippen LogP contribution in [-0.4, -0.2) is 31.0 Å². The van der Waals surface area contributed by atoms with E-state index >= 15 is 0 Å². The monoisotopic (exact) mass is 359 g/mol. The van der Waals surface area contributed by atoms with Crippen LogP contribution in [0.15, 0.2) is 16.6 Å². The second kappa shape index (κ2) is 8.01. The van der Waals surface area contributed by atoms with Crippen LogP contribution in [0.25, 0.3) is 0 Å².